The zero-order valence-corrected chi connectivity index (χ0v) is 13.2. The summed E-state index contributed by atoms with van der Waals surface area (Å²) in [6.07, 6.45) is 7.85. The minimum Gasteiger partial charge on any atom is -0.378 e. The molecule has 1 atom stereocenters. The molecule has 2 fully saturated rings. The molecule has 0 spiro atoms. The van der Waals surface area contributed by atoms with Crippen LogP contribution in [0, 0.1) is 5.92 Å². The van der Waals surface area contributed by atoms with E-state index < -0.39 is 0 Å². The van der Waals surface area contributed by atoms with Crippen molar-refractivity contribution in [3.05, 3.63) is 21.0 Å². The first-order valence-corrected chi connectivity index (χ1v) is 8.26. The number of halogens is 1. The minimum absolute atomic E-state index is 0.00993. The van der Waals surface area contributed by atoms with Crippen LogP contribution in [-0.4, -0.2) is 28.9 Å². The highest BCUT2D eigenvalue weighted by atomic mass is 79.9. The van der Waals surface area contributed by atoms with Gasteiger partial charge in [0, 0.05) is 19.1 Å². The van der Waals surface area contributed by atoms with Gasteiger partial charge in [-0.25, -0.2) is 4.68 Å². The van der Waals surface area contributed by atoms with Gasteiger partial charge in [0.05, 0.1) is 10.7 Å². The Kier molecular flexibility index (Phi) is 4.41. The fourth-order valence-electron chi connectivity index (χ4n) is 2.83. The summed E-state index contributed by atoms with van der Waals surface area (Å²) < 4.78 is 2.37. The van der Waals surface area contributed by atoms with E-state index in [1.807, 2.05) is 0 Å². The molecule has 2 aliphatic rings. The second kappa shape index (κ2) is 6.26. The molecule has 0 bridgehead atoms. The van der Waals surface area contributed by atoms with Crippen LogP contribution in [0.25, 0.3) is 0 Å². The molecule has 0 aromatic carbocycles. The number of anilines is 1. The lowest BCUT2D eigenvalue weighted by Crippen LogP contribution is -2.34. The van der Waals surface area contributed by atoms with Crippen molar-refractivity contribution < 1.29 is 0 Å². The molecule has 2 heterocycles. The summed E-state index contributed by atoms with van der Waals surface area (Å²) in [7, 11) is 0. The van der Waals surface area contributed by atoms with E-state index in [9.17, 15) is 4.79 Å². The Morgan fingerprint density at radius 1 is 1.40 bits per heavy atom. The summed E-state index contributed by atoms with van der Waals surface area (Å²) in [5, 5.41) is 11.0. The van der Waals surface area contributed by atoms with E-state index >= 15 is 0 Å². The van der Waals surface area contributed by atoms with E-state index in [0.29, 0.717) is 17.6 Å². The second-order valence-corrected chi connectivity index (χ2v) is 6.68. The van der Waals surface area contributed by atoms with Crippen molar-refractivity contribution in [2.45, 2.75) is 44.7 Å². The number of rotatable bonds is 5. The van der Waals surface area contributed by atoms with Crippen molar-refractivity contribution in [1.29, 1.82) is 0 Å². The van der Waals surface area contributed by atoms with Gasteiger partial charge in [0.1, 0.15) is 5.69 Å². The summed E-state index contributed by atoms with van der Waals surface area (Å²) >= 11 is 3.43. The molecule has 6 heteroatoms. The van der Waals surface area contributed by atoms with Gasteiger partial charge in [0.15, 0.2) is 0 Å². The van der Waals surface area contributed by atoms with Gasteiger partial charge in [-0.15, -0.1) is 0 Å². The Balaban J connectivity index is 1.70. The number of hydrogen-bond donors (Lipinski definition) is 2. The lowest BCUT2D eigenvalue weighted by molar-refractivity contribution is 0.262. The quantitative estimate of drug-likeness (QED) is 0.860. The van der Waals surface area contributed by atoms with E-state index in [2.05, 4.69) is 31.7 Å². The van der Waals surface area contributed by atoms with Gasteiger partial charge in [-0.1, -0.05) is 6.42 Å². The summed E-state index contributed by atoms with van der Waals surface area (Å²) in [5.74, 6) is 0.630. The van der Waals surface area contributed by atoms with Crippen molar-refractivity contribution in [2.24, 2.45) is 5.92 Å². The first-order chi connectivity index (χ1) is 9.74. The summed E-state index contributed by atoms with van der Waals surface area (Å²) in [6.45, 7) is 2.62. The molecule has 1 saturated carbocycles. The molecule has 1 saturated heterocycles. The van der Waals surface area contributed by atoms with Crippen molar-refractivity contribution >= 4 is 21.6 Å². The van der Waals surface area contributed by atoms with Crippen LogP contribution in [-0.2, 0) is 6.54 Å². The van der Waals surface area contributed by atoms with E-state index in [-0.39, 0.29) is 5.56 Å². The largest absolute Gasteiger partial charge is 0.378 e. The smallest absolute Gasteiger partial charge is 0.291 e. The third-order valence-electron chi connectivity index (χ3n) is 4.34. The molecule has 3 rings (SSSR count). The molecule has 1 unspecified atom stereocenters. The standard InChI is InChI=1S/C14H21BrN4O/c15-12-8-18-19(9-10-3-1-4-10)14(20)13(12)17-7-11-5-2-6-16-11/h8,10-11,16-17H,1-7,9H2. The number of nitrogens with zero attached hydrogens (tertiary/aromatic N) is 2. The summed E-state index contributed by atoms with van der Waals surface area (Å²) in [5.41, 5.74) is 0.636. The lowest BCUT2D eigenvalue weighted by atomic mass is 9.85. The first-order valence-electron chi connectivity index (χ1n) is 7.47. The Morgan fingerprint density at radius 3 is 2.90 bits per heavy atom. The van der Waals surface area contributed by atoms with Gasteiger partial charge >= 0.3 is 0 Å². The Morgan fingerprint density at radius 2 is 2.25 bits per heavy atom. The van der Waals surface area contributed by atoms with Gasteiger partial charge in [0.2, 0.25) is 0 Å². The zero-order valence-electron chi connectivity index (χ0n) is 11.6. The SMILES string of the molecule is O=c1c(NCC2CCCN2)c(Br)cnn1CC1CCC1. The molecule has 2 N–H and O–H groups in total. The fourth-order valence-corrected chi connectivity index (χ4v) is 3.24. The number of hydrogen-bond acceptors (Lipinski definition) is 4. The molecule has 1 aromatic heterocycles. The lowest BCUT2D eigenvalue weighted by Gasteiger charge is -2.25. The predicted octanol–water partition coefficient (Wildman–Crippen LogP) is 1.97. The van der Waals surface area contributed by atoms with Crippen molar-refractivity contribution in [3.63, 3.8) is 0 Å². The molecule has 5 nitrogen and oxygen atoms in total. The third-order valence-corrected chi connectivity index (χ3v) is 4.94. The van der Waals surface area contributed by atoms with Crippen LogP contribution in [0.2, 0.25) is 0 Å². The highest BCUT2D eigenvalue weighted by molar-refractivity contribution is 9.10. The van der Waals surface area contributed by atoms with Gasteiger partial charge in [0.25, 0.3) is 5.56 Å². The van der Waals surface area contributed by atoms with Crippen LogP contribution >= 0.6 is 15.9 Å². The van der Waals surface area contributed by atoms with Crippen LogP contribution in [0.5, 0.6) is 0 Å². The molecule has 1 aliphatic carbocycles. The van der Waals surface area contributed by atoms with E-state index in [0.717, 1.165) is 24.1 Å². The first kappa shape index (κ1) is 14.1. The van der Waals surface area contributed by atoms with E-state index in [1.54, 1.807) is 10.9 Å². The van der Waals surface area contributed by atoms with Gasteiger partial charge in [-0.3, -0.25) is 4.79 Å². The monoisotopic (exact) mass is 340 g/mol. The number of aromatic nitrogens is 2. The maximum atomic E-state index is 12.5. The van der Waals surface area contributed by atoms with Crippen molar-refractivity contribution in [2.75, 3.05) is 18.4 Å². The average Bonchev–Trinajstić information content (AvgIpc) is 2.89. The molecule has 0 amide bonds. The average molecular weight is 341 g/mol. The van der Waals surface area contributed by atoms with Crippen LogP contribution in [0.15, 0.2) is 15.5 Å². The highest BCUT2D eigenvalue weighted by Gasteiger charge is 2.20. The van der Waals surface area contributed by atoms with Gasteiger partial charge in [-0.2, -0.15) is 5.10 Å². The maximum Gasteiger partial charge on any atom is 0.291 e. The number of nitrogens with one attached hydrogen (secondary N) is 2. The Labute approximate surface area is 127 Å². The Bertz CT molecular complexity index is 520. The molecule has 20 heavy (non-hydrogen) atoms. The highest BCUT2D eigenvalue weighted by Crippen LogP contribution is 2.27. The molecule has 0 radical (unpaired) electrons. The molecule has 110 valence electrons. The van der Waals surface area contributed by atoms with Gasteiger partial charge in [-0.05, 0) is 54.1 Å². The zero-order chi connectivity index (χ0) is 13.9. The maximum absolute atomic E-state index is 12.5. The van der Waals surface area contributed by atoms with Crippen molar-refractivity contribution in [3.8, 4) is 0 Å². The second-order valence-electron chi connectivity index (χ2n) is 5.83. The van der Waals surface area contributed by atoms with Crippen LogP contribution in [0.3, 0.4) is 0 Å². The van der Waals surface area contributed by atoms with Crippen LogP contribution < -0.4 is 16.2 Å². The van der Waals surface area contributed by atoms with Gasteiger partial charge < -0.3 is 10.6 Å². The predicted molar refractivity (Wildman–Crippen MR) is 83.1 cm³/mol. The Hall–Kier alpha value is -0.880. The normalized spacial score (nSPS) is 22.8. The van der Waals surface area contributed by atoms with Crippen LogP contribution in [0.1, 0.15) is 32.1 Å². The minimum atomic E-state index is -0.00993. The molecule has 1 aromatic rings. The van der Waals surface area contributed by atoms with Crippen molar-refractivity contribution in [1.82, 2.24) is 15.1 Å². The topological polar surface area (TPSA) is 59.0 Å². The molecular formula is C14H21BrN4O. The van der Waals surface area contributed by atoms with E-state index in [4.69, 9.17) is 0 Å². The summed E-state index contributed by atoms with van der Waals surface area (Å²) in [6, 6.07) is 0.467. The summed E-state index contributed by atoms with van der Waals surface area (Å²) in [4.78, 5) is 12.5. The molecular weight excluding hydrogens is 320 g/mol. The third kappa shape index (κ3) is 3.06. The van der Waals surface area contributed by atoms with Crippen LogP contribution in [0.4, 0.5) is 5.69 Å². The molecule has 1 aliphatic heterocycles. The fraction of sp³-hybridized carbons (Fsp3) is 0.714. The van der Waals surface area contributed by atoms with E-state index in [1.165, 1.54) is 32.1 Å².